The fourth-order valence-corrected chi connectivity index (χ4v) is 5.72. The van der Waals surface area contributed by atoms with Crippen molar-refractivity contribution in [3.63, 3.8) is 0 Å². The highest BCUT2D eigenvalue weighted by Gasteiger charge is 2.28. The van der Waals surface area contributed by atoms with E-state index in [-0.39, 0.29) is 11.7 Å². The maximum atomic E-state index is 12.6. The van der Waals surface area contributed by atoms with E-state index in [1.807, 2.05) is 42.8 Å². The van der Waals surface area contributed by atoms with Crippen molar-refractivity contribution in [1.29, 1.82) is 0 Å². The Labute approximate surface area is 194 Å². The average Bonchev–Trinajstić information content (AvgIpc) is 3.47. The molecule has 168 valence electrons. The number of esters is 1. The molecule has 1 aliphatic carbocycles. The quantitative estimate of drug-likeness (QED) is 0.392. The third-order valence-corrected chi connectivity index (χ3v) is 7.39. The van der Waals surface area contributed by atoms with Crippen LogP contribution in [0.1, 0.15) is 34.1 Å². The van der Waals surface area contributed by atoms with Crippen LogP contribution >= 0.6 is 23.1 Å². The number of fused-ring (bicyclic) bond motifs is 1. The molecule has 8 nitrogen and oxygen atoms in total. The molecule has 0 atom stereocenters. The number of amides is 1. The smallest absolute Gasteiger partial charge is 0.341 e. The SMILES string of the molecule is CCOc1ccccc1-c1nnc(SCC(=O)Nc2sc3c(c2C(=O)OC)CCC3)n1C. The lowest BCUT2D eigenvalue weighted by Crippen LogP contribution is -2.16. The number of carbonyl (C=O) groups is 2. The average molecular weight is 473 g/mol. The Morgan fingerprint density at radius 1 is 1.25 bits per heavy atom. The Morgan fingerprint density at radius 2 is 2.06 bits per heavy atom. The zero-order valence-electron chi connectivity index (χ0n) is 18.1. The van der Waals surface area contributed by atoms with E-state index in [0.29, 0.717) is 28.2 Å². The van der Waals surface area contributed by atoms with Gasteiger partial charge in [0, 0.05) is 11.9 Å². The summed E-state index contributed by atoms with van der Waals surface area (Å²) in [4.78, 5) is 26.1. The number of thiophene rings is 1. The summed E-state index contributed by atoms with van der Waals surface area (Å²) in [6.45, 7) is 2.48. The van der Waals surface area contributed by atoms with E-state index < -0.39 is 5.97 Å². The van der Waals surface area contributed by atoms with Crippen molar-refractivity contribution < 1.29 is 19.1 Å². The Hall–Kier alpha value is -2.85. The van der Waals surface area contributed by atoms with Crippen molar-refractivity contribution in [2.45, 2.75) is 31.3 Å². The summed E-state index contributed by atoms with van der Waals surface area (Å²) in [6, 6.07) is 7.66. The lowest BCUT2D eigenvalue weighted by molar-refractivity contribution is -0.113. The summed E-state index contributed by atoms with van der Waals surface area (Å²) in [5, 5.41) is 12.6. The minimum atomic E-state index is -0.404. The number of nitrogens with one attached hydrogen (secondary N) is 1. The van der Waals surface area contributed by atoms with Crippen molar-refractivity contribution in [2.75, 3.05) is 24.8 Å². The van der Waals surface area contributed by atoms with Crippen molar-refractivity contribution in [3.8, 4) is 17.1 Å². The number of carbonyl (C=O) groups excluding carboxylic acids is 2. The van der Waals surface area contributed by atoms with Crippen LogP contribution in [-0.2, 0) is 29.4 Å². The van der Waals surface area contributed by atoms with Gasteiger partial charge in [0.05, 0.1) is 30.6 Å². The number of anilines is 1. The van der Waals surface area contributed by atoms with E-state index in [1.54, 1.807) is 0 Å². The van der Waals surface area contributed by atoms with Crippen LogP contribution in [0.3, 0.4) is 0 Å². The van der Waals surface area contributed by atoms with Gasteiger partial charge in [-0.15, -0.1) is 21.5 Å². The fraction of sp³-hybridized carbons (Fsp3) is 0.364. The van der Waals surface area contributed by atoms with Crippen molar-refractivity contribution >= 4 is 40.0 Å². The van der Waals surface area contributed by atoms with Crippen molar-refractivity contribution in [2.24, 2.45) is 7.05 Å². The molecule has 0 aliphatic heterocycles. The van der Waals surface area contributed by atoms with Crippen LogP contribution in [-0.4, -0.2) is 46.1 Å². The predicted molar refractivity (Wildman–Crippen MR) is 125 cm³/mol. The number of rotatable bonds is 8. The minimum absolute atomic E-state index is 0.141. The van der Waals surface area contributed by atoms with Crippen LogP contribution in [0.5, 0.6) is 5.75 Å². The number of hydrogen-bond donors (Lipinski definition) is 1. The molecule has 2 heterocycles. The molecule has 2 aromatic heterocycles. The van der Waals surface area contributed by atoms with Gasteiger partial charge in [-0.2, -0.15) is 0 Å². The fourth-order valence-electron chi connectivity index (χ4n) is 3.71. The molecule has 0 bridgehead atoms. The number of thioether (sulfide) groups is 1. The largest absolute Gasteiger partial charge is 0.493 e. The van der Waals surface area contributed by atoms with Gasteiger partial charge >= 0.3 is 5.97 Å². The van der Waals surface area contributed by atoms with Crippen LogP contribution in [0.25, 0.3) is 11.4 Å². The molecule has 1 amide bonds. The highest BCUT2D eigenvalue weighted by molar-refractivity contribution is 7.99. The normalized spacial score (nSPS) is 12.5. The van der Waals surface area contributed by atoms with Gasteiger partial charge in [-0.25, -0.2) is 4.79 Å². The topological polar surface area (TPSA) is 95.3 Å². The van der Waals surface area contributed by atoms with Gasteiger partial charge in [0.25, 0.3) is 0 Å². The van der Waals surface area contributed by atoms with Crippen molar-refractivity contribution in [3.05, 3.63) is 40.3 Å². The maximum absolute atomic E-state index is 12.6. The molecular formula is C22H24N4O4S2. The molecule has 32 heavy (non-hydrogen) atoms. The molecular weight excluding hydrogens is 448 g/mol. The van der Waals surface area contributed by atoms with Gasteiger partial charge in [0.1, 0.15) is 10.8 Å². The molecule has 1 aromatic carbocycles. The second kappa shape index (κ2) is 9.74. The lowest BCUT2D eigenvalue weighted by Gasteiger charge is -2.10. The predicted octanol–water partition coefficient (Wildman–Crippen LogP) is 3.95. The first-order valence-electron chi connectivity index (χ1n) is 10.3. The molecule has 0 unspecified atom stereocenters. The van der Waals surface area contributed by atoms with Crippen LogP contribution in [0.2, 0.25) is 0 Å². The summed E-state index contributed by atoms with van der Waals surface area (Å²) in [7, 11) is 3.22. The first-order valence-corrected chi connectivity index (χ1v) is 12.1. The zero-order chi connectivity index (χ0) is 22.7. The molecule has 4 rings (SSSR count). The first kappa shape index (κ1) is 22.3. The van der Waals surface area contributed by atoms with Gasteiger partial charge in [0.15, 0.2) is 11.0 Å². The summed E-state index contributed by atoms with van der Waals surface area (Å²) < 4.78 is 12.5. The standard InChI is InChI=1S/C22H24N4O4S2/c1-4-30-15-10-6-5-8-13(15)19-24-25-22(26(19)2)31-12-17(27)23-20-18(21(28)29-3)14-9-7-11-16(14)32-20/h5-6,8,10H,4,7,9,11-12H2,1-3H3,(H,23,27). The highest BCUT2D eigenvalue weighted by Crippen LogP contribution is 2.39. The van der Waals surface area contributed by atoms with Gasteiger partial charge in [0.2, 0.25) is 5.91 Å². The summed E-state index contributed by atoms with van der Waals surface area (Å²) in [6.07, 6.45) is 2.79. The number of hydrogen-bond acceptors (Lipinski definition) is 8. The van der Waals surface area contributed by atoms with Gasteiger partial charge in [-0.1, -0.05) is 23.9 Å². The molecule has 0 spiro atoms. The highest BCUT2D eigenvalue weighted by atomic mass is 32.2. The number of para-hydroxylation sites is 1. The number of methoxy groups -OCH3 is 1. The van der Waals surface area contributed by atoms with Gasteiger partial charge in [-0.05, 0) is 43.9 Å². The van der Waals surface area contributed by atoms with E-state index in [9.17, 15) is 9.59 Å². The molecule has 3 aromatic rings. The van der Waals surface area contributed by atoms with E-state index in [4.69, 9.17) is 9.47 Å². The molecule has 10 heteroatoms. The second-order valence-electron chi connectivity index (χ2n) is 7.18. The number of benzene rings is 1. The number of aromatic nitrogens is 3. The van der Waals surface area contributed by atoms with Crippen LogP contribution < -0.4 is 10.1 Å². The number of nitrogens with zero attached hydrogens (tertiary/aromatic N) is 3. The third kappa shape index (κ3) is 4.37. The zero-order valence-corrected chi connectivity index (χ0v) is 19.8. The van der Waals surface area contributed by atoms with Crippen molar-refractivity contribution in [1.82, 2.24) is 14.8 Å². The van der Waals surface area contributed by atoms with Gasteiger partial charge < -0.3 is 19.4 Å². The Balaban J connectivity index is 1.46. The summed E-state index contributed by atoms with van der Waals surface area (Å²) in [5.74, 6) is 0.931. The number of ether oxygens (including phenoxy) is 2. The molecule has 1 aliphatic rings. The van der Waals surface area contributed by atoms with E-state index >= 15 is 0 Å². The van der Waals surface area contributed by atoms with Crippen LogP contribution in [0.15, 0.2) is 29.4 Å². The lowest BCUT2D eigenvalue weighted by atomic mass is 10.1. The monoisotopic (exact) mass is 472 g/mol. The molecule has 0 saturated heterocycles. The molecule has 0 fully saturated rings. The molecule has 0 radical (unpaired) electrons. The Kier molecular flexibility index (Phi) is 6.80. The maximum Gasteiger partial charge on any atom is 0.341 e. The first-order chi connectivity index (χ1) is 15.5. The Bertz CT molecular complexity index is 1160. The minimum Gasteiger partial charge on any atom is -0.493 e. The van der Waals surface area contributed by atoms with E-state index in [1.165, 1.54) is 30.2 Å². The summed E-state index contributed by atoms with van der Waals surface area (Å²) >= 11 is 2.75. The van der Waals surface area contributed by atoms with Crippen LogP contribution in [0, 0.1) is 0 Å². The van der Waals surface area contributed by atoms with Crippen LogP contribution in [0.4, 0.5) is 5.00 Å². The number of aryl methyl sites for hydroxylation is 1. The summed E-state index contributed by atoms with van der Waals surface area (Å²) in [5.41, 5.74) is 2.35. The molecule has 0 saturated carbocycles. The Morgan fingerprint density at radius 3 is 2.84 bits per heavy atom. The third-order valence-electron chi connectivity index (χ3n) is 5.16. The van der Waals surface area contributed by atoms with E-state index in [0.717, 1.165) is 41.0 Å². The van der Waals surface area contributed by atoms with E-state index in [2.05, 4.69) is 15.5 Å². The van der Waals surface area contributed by atoms with Gasteiger partial charge in [-0.3, -0.25) is 4.79 Å². The second-order valence-corrected chi connectivity index (χ2v) is 9.23. The molecule has 1 N–H and O–H groups in total.